The lowest BCUT2D eigenvalue weighted by atomic mass is 10.3. The largest absolute Gasteiger partial charge is 0.459 e. The molecule has 0 saturated carbocycles. The Morgan fingerprint density at radius 2 is 0.969 bits per heavy atom. The van der Waals surface area contributed by atoms with Gasteiger partial charge >= 0.3 is 23.9 Å². The van der Waals surface area contributed by atoms with Crippen molar-refractivity contribution in [1.82, 2.24) is 0 Å². The summed E-state index contributed by atoms with van der Waals surface area (Å²) in [6, 6.07) is 0. The fourth-order valence-electron chi connectivity index (χ4n) is 1.31. The minimum absolute atomic E-state index is 0.207. The first-order valence-electron chi connectivity index (χ1n) is 9.36. The van der Waals surface area contributed by atoms with E-state index in [0.717, 1.165) is 0 Å². The Morgan fingerprint density at radius 3 is 1.25 bits per heavy atom. The molecule has 32 heavy (non-hydrogen) atoms. The molecule has 0 aromatic heterocycles. The van der Waals surface area contributed by atoms with E-state index in [1.165, 1.54) is 27.7 Å². The molecule has 0 aliphatic carbocycles. The molecule has 10 nitrogen and oxygen atoms in total. The van der Waals surface area contributed by atoms with Gasteiger partial charge in [-0.25, -0.2) is 19.2 Å². The number of rotatable bonds is 12. The normalized spacial score (nSPS) is 10.6. The summed E-state index contributed by atoms with van der Waals surface area (Å²) in [5.74, 6) is -2.41. The van der Waals surface area contributed by atoms with Crippen molar-refractivity contribution in [3.05, 3.63) is 48.6 Å². The third-order valence-corrected chi connectivity index (χ3v) is 3.09. The first-order chi connectivity index (χ1) is 14.7. The number of hydrogen-bond acceptors (Lipinski definition) is 10. The van der Waals surface area contributed by atoms with Crippen LogP contribution in [0.25, 0.3) is 0 Å². The number of carbonyl (C=O) groups is 4. The molecule has 0 spiro atoms. The second-order valence-electron chi connectivity index (χ2n) is 6.78. The molecule has 1 atom stereocenters. The van der Waals surface area contributed by atoms with Crippen LogP contribution in [0, 0.1) is 0 Å². The van der Waals surface area contributed by atoms with E-state index in [2.05, 4.69) is 35.8 Å². The molecule has 0 rings (SSSR count). The fraction of sp³-hybridized carbons (Fsp3) is 0.455. The van der Waals surface area contributed by atoms with Gasteiger partial charge in [0.25, 0.3) is 0 Å². The zero-order valence-electron chi connectivity index (χ0n) is 19.0. The third-order valence-electron chi connectivity index (χ3n) is 3.09. The maximum Gasteiger partial charge on any atom is 0.333 e. The number of aliphatic hydroxyl groups is 2. The van der Waals surface area contributed by atoms with E-state index in [1.54, 1.807) is 0 Å². The molecular weight excluding hydrogens is 424 g/mol. The smallest absolute Gasteiger partial charge is 0.333 e. The second-order valence-corrected chi connectivity index (χ2v) is 6.78. The van der Waals surface area contributed by atoms with E-state index in [1.807, 2.05) is 0 Å². The Labute approximate surface area is 187 Å². The van der Waals surface area contributed by atoms with E-state index in [4.69, 9.17) is 14.6 Å². The maximum atomic E-state index is 11.1. The minimum Gasteiger partial charge on any atom is -0.459 e. The highest BCUT2D eigenvalue weighted by Crippen LogP contribution is 2.01. The van der Waals surface area contributed by atoms with Crippen molar-refractivity contribution in [2.24, 2.45) is 0 Å². The number of esters is 4. The summed E-state index contributed by atoms with van der Waals surface area (Å²) >= 11 is 0. The van der Waals surface area contributed by atoms with Crippen LogP contribution in [0.4, 0.5) is 0 Å². The molecule has 0 fully saturated rings. The Bertz CT molecular complexity index is 705. The van der Waals surface area contributed by atoms with Crippen LogP contribution in [0.3, 0.4) is 0 Å². The van der Waals surface area contributed by atoms with Crippen LogP contribution in [0.1, 0.15) is 27.7 Å². The van der Waals surface area contributed by atoms with Gasteiger partial charge in [0.1, 0.15) is 25.9 Å². The summed E-state index contributed by atoms with van der Waals surface area (Å²) in [4.78, 5) is 44.0. The summed E-state index contributed by atoms with van der Waals surface area (Å²) in [6.07, 6.45) is -1.93. The molecule has 0 heterocycles. The second kappa shape index (κ2) is 16.5. The molecule has 0 aromatic rings. The van der Waals surface area contributed by atoms with Crippen molar-refractivity contribution in [2.75, 3.05) is 26.4 Å². The Kier molecular flexibility index (Phi) is 15.9. The quantitative estimate of drug-likeness (QED) is 0.249. The highest BCUT2D eigenvalue weighted by atomic mass is 16.6. The lowest BCUT2D eigenvalue weighted by Gasteiger charge is -2.15. The molecule has 0 aromatic carbocycles. The summed E-state index contributed by atoms with van der Waals surface area (Å²) in [6.45, 7) is 18.4. The summed E-state index contributed by atoms with van der Waals surface area (Å²) in [7, 11) is 0. The van der Waals surface area contributed by atoms with Crippen LogP contribution in [-0.4, -0.2) is 72.7 Å². The lowest BCUT2D eigenvalue weighted by Crippen LogP contribution is -2.28. The van der Waals surface area contributed by atoms with Crippen LogP contribution in [0.5, 0.6) is 0 Å². The van der Waals surface area contributed by atoms with Crippen molar-refractivity contribution in [3.63, 3.8) is 0 Å². The number of aliphatic hydroxyl groups excluding tert-OH is 2. The van der Waals surface area contributed by atoms with Gasteiger partial charge in [-0.1, -0.05) is 26.3 Å². The van der Waals surface area contributed by atoms with Gasteiger partial charge in [-0.05, 0) is 27.7 Å². The Morgan fingerprint density at radius 1 is 0.656 bits per heavy atom. The average Bonchev–Trinajstić information content (AvgIpc) is 2.72. The van der Waals surface area contributed by atoms with E-state index < -0.39 is 42.7 Å². The van der Waals surface area contributed by atoms with Gasteiger partial charge in [0.05, 0.1) is 6.61 Å². The molecule has 0 saturated heterocycles. The molecule has 10 heteroatoms. The number of hydrogen-bond donors (Lipinski definition) is 2. The lowest BCUT2D eigenvalue weighted by molar-refractivity contribution is -0.156. The number of ether oxygens (including phenoxy) is 4. The van der Waals surface area contributed by atoms with Crippen molar-refractivity contribution in [3.8, 4) is 0 Å². The predicted molar refractivity (Wildman–Crippen MR) is 115 cm³/mol. The standard InChI is InChI=1S/2C11H16O5/c1-7(2)10(13)15-5-9(12)6-16-11(14)8(3)4;1-7(2)10(13)15-6-9(5-12)16-11(14)8(3)4/h2*9,12H,1,3,5-6H2,2,4H3. The van der Waals surface area contributed by atoms with E-state index >= 15 is 0 Å². The van der Waals surface area contributed by atoms with Crippen molar-refractivity contribution in [2.45, 2.75) is 39.9 Å². The van der Waals surface area contributed by atoms with Gasteiger partial charge in [-0.3, -0.25) is 0 Å². The first-order valence-corrected chi connectivity index (χ1v) is 9.36. The zero-order chi connectivity index (χ0) is 25.4. The minimum atomic E-state index is -1.05. The van der Waals surface area contributed by atoms with E-state index in [9.17, 15) is 24.3 Å². The average molecular weight is 456 g/mol. The third kappa shape index (κ3) is 15.6. The van der Waals surface area contributed by atoms with Crippen molar-refractivity contribution in [1.29, 1.82) is 0 Å². The van der Waals surface area contributed by atoms with Crippen LogP contribution in [0.15, 0.2) is 48.6 Å². The molecule has 0 bridgehead atoms. The van der Waals surface area contributed by atoms with Crippen LogP contribution in [0.2, 0.25) is 0 Å². The van der Waals surface area contributed by atoms with Gasteiger partial charge < -0.3 is 29.2 Å². The highest BCUT2D eigenvalue weighted by molar-refractivity contribution is 5.88. The molecule has 0 aliphatic rings. The van der Waals surface area contributed by atoms with Gasteiger partial charge in [0.15, 0.2) is 6.10 Å². The monoisotopic (exact) mass is 456 g/mol. The van der Waals surface area contributed by atoms with Crippen LogP contribution >= 0.6 is 0 Å². The zero-order valence-corrected chi connectivity index (χ0v) is 19.0. The van der Waals surface area contributed by atoms with E-state index in [-0.39, 0.29) is 42.1 Å². The highest BCUT2D eigenvalue weighted by Gasteiger charge is 2.16. The molecule has 0 amide bonds. The van der Waals surface area contributed by atoms with Gasteiger partial charge in [0, 0.05) is 22.3 Å². The van der Waals surface area contributed by atoms with Crippen LogP contribution in [-0.2, 0) is 38.1 Å². The fourth-order valence-corrected chi connectivity index (χ4v) is 1.31. The molecule has 2 N–H and O–H groups in total. The Hall–Kier alpha value is -3.24. The van der Waals surface area contributed by atoms with Crippen LogP contribution < -0.4 is 0 Å². The first kappa shape index (κ1) is 30.9. The molecular formula is C22H32O10. The number of carbonyl (C=O) groups excluding carboxylic acids is 4. The SMILES string of the molecule is C=C(C)C(=O)OCC(CO)OC(=O)C(=C)C.C=C(C)C(=O)OCC(O)COC(=O)C(=C)C. The van der Waals surface area contributed by atoms with Gasteiger partial charge in [-0.2, -0.15) is 0 Å². The molecule has 180 valence electrons. The van der Waals surface area contributed by atoms with Gasteiger partial charge in [-0.15, -0.1) is 0 Å². The summed E-state index contributed by atoms with van der Waals surface area (Å²) < 4.78 is 18.8. The predicted octanol–water partition coefficient (Wildman–Crippen LogP) is 1.17. The summed E-state index contributed by atoms with van der Waals surface area (Å²) in [5, 5.41) is 18.2. The van der Waals surface area contributed by atoms with E-state index in [0.29, 0.717) is 0 Å². The Balaban J connectivity index is 0. The van der Waals surface area contributed by atoms with Crippen molar-refractivity contribution < 1.29 is 48.3 Å². The van der Waals surface area contributed by atoms with Crippen molar-refractivity contribution >= 4 is 23.9 Å². The molecule has 0 radical (unpaired) electrons. The topological polar surface area (TPSA) is 146 Å². The molecule has 1 unspecified atom stereocenters. The summed E-state index contributed by atoms with van der Waals surface area (Å²) in [5.41, 5.74) is 0.935. The maximum absolute atomic E-state index is 11.1. The van der Waals surface area contributed by atoms with Gasteiger partial charge in [0.2, 0.25) is 0 Å². The molecule has 0 aliphatic heterocycles.